The Hall–Kier alpha value is -2.20. The van der Waals surface area contributed by atoms with Crippen molar-refractivity contribution >= 4 is 10.9 Å². The van der Waals surface area contributed by atoms with Gasteiger partial charge in [0, 0.05) is 11.9 Å². The van der Waals surface area contributed by atoms with Crippen molar-refractivity contribution in [3.8, 4) is 5.69 Å². The molecule has 1 aromatic heterocycles. The van der Waals surface area contributed by atoms with Crippen molar-refractivity contribution in [2.24, 2.45) is 0 Å². The van der Waals surface area contributed by atoms with Gasteiger partial charge >= 0.3 is 0 Å². The van der Waals surface area contributed by atoms with Gasteiger partial charge in [0.05, 0.1) is 11.7 Å². The molecule has 21 heavy (non-hydrogen) atoms. The van der Waals surface area contributed by atoms with Crippen LogP contribution in [0, 0.1) is 5.82 Å². The summed E-state index contributed by atoms with van der Waals surface area (Å²) in [6.07, 6.45) is 2.82. The largest absolute Gasteiger partial charge is 0.313 e. The van der Waals surface area contributed by atoms with Gasteiger partial charge in [0.25, 0.3) is 0 Å². The lowest BCUT2D eigenvalue weighted by atomic mass is 10.1. The van der Waals surface area contributed by atoms with Gasteiger partial charge in [-0.05, 0) is 30.7 Å². The maximum absolute atomic E-state index is 14.4. The van der Waals surface area contributed by atoms with Gasteiger partial charge < -0.3 is 5.32 Å². The molecule has 2 aromatic carbocycles. The predicted octanol–water partition coefficient (Wildman–Crippen LogP) is 3.66. The molecule has 0 aliphatic heterocycles. The summed E-state index contributed by atoms with van der Waals surface area (Å²) < 4.78 is 16.0. The van der Waals surface area contributed by atoms with E-state index in [0.29, 0.717) is 12.2 Å². The van der Waals surface area contributed by atoms with Crippen LogP contribution < -0.4 is 5.32 Å². The average molecular weight is 283 g/mol. The zero-order valence-corrected chi connectivity index (χ0v) is 12.0. The van der Waals surface area contributed by atoms with Crippen molar-refractivity contribution in [3.05, 3.63) is 60.0 Å². The maximum atomic E-state index is 14.4. The highest BCUT2D eigenvalue weighted by atomic mass is 19.1. The van der Waals surface area contributed by atoms with E-state index in [1.807, 2.05) is 30.3 Å². The van der Waals surface area contributed by atoms with Crippen LogP contribution in [0.1, 0.15) is 18.9 Å². The number of hydrogen-bond donors (Lipinski definition) is 1. The Kier molecular flexibility index (Phi) is 3.97. The molecule has 0 saturated carbocycles. The Morgan fingerprint density at radius 1 is 1.14 bits per heavy atom. The summed E-state index contributed by atoms with van der Waals surface area (Å²) in [6.45, 7) is 3.66. The van der Waals surface area contributed by atoms with Gasteiger partial charge in [-0.25, -0.2) is 9.07 Å². The zero-order valence-electron chi connectivity index (χ0n) is 12.0. The second-order valence-corrected chi connectivity index (χ2v) is 5.04. The molecular weight excluding hydrogens is 265 g/mol. The molecule has 1 N–H and O–H groups in total. The second-order valence-electron chi connectivity index (χ2n) is 5.04. The van der Waals surface area contributed by atoms with Gasteiger partial charge in [-0.2, -0.15) is 5.10 Å². The molecule has 0 spiro atoms. The van der Waals surface area contributed by atoms with E-state index >= 15 is 0 Å². The topological polar surface area (TPSA) is 29.9 Å². The molecule has 0 aliphatic rings. The lowest BCUT2D eigenvalue weighted by molar-refractivity contribution is 0.602. The molecule has 0 radical (unpaired) electrons. The molecule has 0 fully saturated rings. The molecule has 3 aromatic rings. The van der Waals surface area contributed by atoms with E-state index < -0.39 is 0 Å². The van der Waals surface area contributed by atoms with Crippen LogP contribution in [-0.4, -0.2) is 16.3 Å². The van der Waals surface area contributed by atoms with E-state index in [9.17, 15) is 4.39 Å². The normalized spacial score (nSPS) is 11.1. The van der Waals surface area contributed by atoms with Crippen molar-refractivity contribution < 1.29 is 4.39 Å². The molecule has 0 amide bonds. The average Bonchev–Trinajstić information content (AvgIpc) is 2.92. The highest BCUT2D eigenvalue weighted by Gasteiger charge is 2.13. The summed E-state index contributed by atoms with van der Waals surface area (Å²) in [6, 6.07) is 13.0. The fraction of sp³-hybridized carbons (Fsp3) is 0.235. The van der Waals surface area contributed by atoms with Crippen molar-refractivity contribution in [1.29, 1.82) is 0 Å². The lowest BCUT2D eigenvalue weighted by Gasteiger charge is -2.12. The molecular formula is C17H18FN3. The molecule has 3 rings (SSSR count). The molecule has 0 unspecified atom stereocenters. The highest BCUT2D eigenvalue weighted by molar-refractivity contribution is 5.80. The summed E-state index contributed by atoms with van der Waals surface area (Å²) in [5.41, 5.74) is 2.36. The summed E-state index contributed by atoms with van der Waals surface area (Å²) in [5, 5.41) is 8.69. The summed E-state index contributed by atoms with van der Waals surface area (Å²) in [5.74, 6) is -0.250. The Morgan fingerprint density at radius 2 is 2.00 bits per heavy atom. The smallest absolute Gasteiger partial charge is 0.149 e. The van der Waals surface area contributed by atoms with Gasteiger partial charge in [-0.1, -0.05) is 37.3 Å². The third-order valence-corrected chi connectivity index (χ3v) is 3.50. The first kappa shape index (κ1) is 13.8. The van der Waals surface area contributed by atoms with E-state index in [1.165, 1.54) is 6.07 Å². The van der Waals surface area contributed by atoms with Gasteiger partial charge in [0.1, 0.15) is 11.5 Å². The number of fused-ring (bicyclic) bond motifs is 1. The lowest BCUT2D eigenvalue weighted by Crippen LogP contribution is -2.16. The molecule has 0 aliphatic carbocycles. The number of halogens is 1. The molecule has 4 heteroatoms. The highest BCUT2D eigenvalue weighted by Crippen LogP contribution is 2.23. The number of aromatic nitrogens is 2. The predicted molar refractivity (Wildman–Crippen MR) is 83.0 cm³/mol. The Labute approximate surface area is 123 Å². The molecule has 1 heterocycles. The Bertz CT molecular complexity index is 749. The number of nitrogens with one attached hydrogen (secondary N) is 1. The minimum atomic E-state index is -0.250. The van der Waals surface area contributed by atoms with E-state index in [4.69, 9.17) is 0 Å². The van der Waals surface area contributed by atoms with Gasteiger partial charge in [-0.15, -0.1) is 0 Å². The molecule has 0 bridgehead atoms. The maximum Gasteiger partial charge on any atom is 0.149 e. The van der Waals surface area contributed by atoms with Crippen LogP contribution in [0.3, 0.4) is 0 Å². The number of nitrogens with zero attached hydrogens (tertiary/aromatic N) is 2. The SMILES string of the molecule is CCCNCc1cccc(F)c1-n1ncc2ccccc21. The van der Waals surface area contributed by atoms with Crippen molar-refractivity contribution in [2.75, 3.05) is 6.54 Å². The molecule has 3 nitrogen and oxygen atoms in total. The fourth-order valence-electron chi connectivity index (χ4n) is 2.49. The third-order valence-electron chi connectivity index (χ3n) is 3.50. The standard InChI is InChI=1S/C17H18FN3/c1-2-10-19-11-14-7-5-8-15(18)17(14)21-16-9-4-3-6-13(16)12-20-21/h3-9,12,19H,2,10-11H2,1H3. The number of benzene rings is 2. The van der Waals surface area contributed by atoms with E-state index in [0.717, 1.165) is 29.4 Å². The number of hydrogen-bond acceptors (Lipinski definition) is 2. The number of para-hydroxylation sites is 2. The first-order valence-corrected chi connectivity index (χ1v) is 7.22. The van der Waals surface area contributed by atoms with Crippen molar-refractivity contribution in [1.82, 2.24) is 15.1 Å². The third kappa shape index (κ3) is 2.67. The van der Waals surface area contributed by atoms with Crippen LogP contribution in [0.2, 0.25) is 0 Å². The van der Waals surface area contributed by atoms with Crippen molar-refractivity contribution in [2.45, 2.75) is 19.9 Å². The summed E-state index contributed by atoms with van der Waals surface area (Å²) in [4.78, 5) is 0. The summed E-state index contributed by atoms with van der Waals surface area (Å²) >= 11 is 0. The minimum Gasteiger partial charge on any atom is -0.313 e. The quantitative estimate of drug-likeness (QED) is 0.724. The van der Waals surface area contributed by atoms with Crippen LogP contribution in [-0.2, 0) is 6.54 Å². The first-order chi connectivity index (χ1) is 10.3. The van der Waals surface area contributed by atoms with Crippen LogP contribution >= 0.6 is 0 Å². The van der Waals surface area contributed by atoms with Crippen LogP contribution in [0.15, 0.2) is 48.7 Å². The Morgan fingerprint density at radius 3 is 2.86 bits per heavy atom. The van der Waals surface area contributed by atoms with Crippen molar-refractivity contribution in [3.63, 3.8) is 0 Å². The van der Waals surface area contributed by atoms with Crippen LogP contribution in [0.25, 0.3) is 16.6 Å². The molecule has 0 saturated heterocycles. The van der Waals surface area contributed by atoms with E-state index in [1.54, 1.807) is 16.9 Å². The van der Waals surface area contributed by atoms with E-state index in [2.05, 4.69) is 17.3 Å². The second kappa shape index (κ2) is 6.06. The van der Waals surface area contributed by atoms with Gasteiger partial charge in [0.2, 0.25) is 0 Å². The van der Waals surface area contributed by atoms with Gasteiger partial charge in [0.15, 0.2) is 0 Å². The van der Waals surface area contributed by atoms with Gasteiger partial charge in [-0.3, -0.25) is 0 Å². The number of rotatable bonds is 5. The van der Waals surface area contributed by atoms with E-state index in [-0.39, 0.29) is 5.82 Å². The monoisotopic (exact) mass is 283 g/mol. The van der Waals surface area contributed by atoms with Crippen LogP contribution in [0.5, 0.6) is 0 Å². The Balaban J connectivity index is 2.08. The molecule has 108 valence electrons. The molecule has 0 atom stereocenters. The zero-order chi connectivity index (χ0) is 14.7. The minimum absolute atomic E-state index is 0.250. The van der Waals surface area contributed by atoms with Crippen LogP contribution in [0.4, 0.5) is 4.39 Å². The first-order valence-electron chi connectivity index (χ1n) is 7.22. The fourth-order valence-corrected chi connectivity index (χ4v) is 2.49. The summed E-state index contributed by atoms with van der Waals surface area (Å²) in [7, 11) is 0.